The molecule has 3 rings (SSSR count). The van der Waals surface area contributed by atoms with Crippen molar-refractivity contribution >= 4 is 15.9 Å². The standard InChI is InChI=1S/C15H21BrN2O/c1-19-15-3-2-11(6-14(15)16)9-18-5-4-12-7-17-8-13(12)10-18/h2-3,6,12-13,17H,4-5,7-10H2,1H3. The van der Waals surface area contributed by atoms with Crippen LogP contribution in [0.4, 0.5) is 0 Å². The third-order valence-electron chi connectivity index (χ3n) is 4.41. The average molecular weight is 325 g/mol. The highest BCUT2D eigenvalue weighted by Gasteiger charge is 2.32. The minimum atomic E-state index is 0.857. The first-order valence-electron chi connectivity index (χ1n) is 7.02. The molecule has 0 bridgehead atoms. The number of hydrogen-bond donors (Lipinski definition) is 1. The summed E-state index contributed by atoms with van der Waals surface area (Å²) in [6.45, 7) is 5.94. The number of rotatable bonds is 3. The van der Waals surface area contributed by atoms with E-state index in [1.54, 1.807) is 7.11 Å². The second-order valence-electron chi connectivity index (χ2n) is 5.67. The fraction of sp³-hybridized carbons (Fsp3) is 0.600. The van der Waals surface area contributed by atoms with Crippen molar-refractivity contribution in [3.63, 3.8) is 0 Å². The van der Waals surface area contributed by atoms with E-state index < -0.39 is 0 Å². The predicted molar refractivity (Wildman–Crippen MR) is 80.4 cm³/mol. The first-order chi connectivity index (χ1) is 9.26. The molecule has 2 aliphatic heterocycles. The smallest absolute Gasteiger partial charge is 0.133 e. The third kappa shape index (κ3) is 2.96. The van der Waals surface area contributed by atoms with E-state index in [1.165, 1.54) is 38.2 Å². The quantitative estimate of drug-likeness (QED) is 0.924. The van der Waals surface area contributed by atoms with Gasteiger partial charge in [-0.05, 0) is 71.5 Å². The summed E-state index contributed by atoms with van der Waals surface area (Å²) < 4.78 is 6.32. The van der Waals surface area contributed by atoms with Gasteiger partial charge in [-0.2, -0.15) is 0 Å². The van der Waals surface area contributed by atoms with Crippen LogP contribution in [0, 0.1) is 11.8 Å². The van der Waals surface area contributed by atoms with Crippen LogP contribution in [-0.2, 0) is 6.54 Å². The topological polar surface area (TPSA) is 24.5 Å². The van der Waals surface area contributed by atoms with E-state index in [0.717, 1.165) is 28.6 Å². The van der Waals surface area contributed by atoms with Crippen LogP contribution in [0.1, 0.15) is 12.0 Å². The van der Waals surface area contributed by atoms with Gasteiger partial charge in [0.05, 0.1) is 11.6 Å². The first kappa shape index (κ1) is 13.4. The lowest BCUT2D eigenvalue weighted by molar-refractivity contribution is 0.142. The number of nitrogens with zero attached hydrogens (tertiary/aromatic N) is 1. The highest BCUT2D eigenvalue weighted by atomic mass is 79.9. The Hall–Kier alpha value is -0.580. The lowest BCUT2D eigenvalue weighted by Crippen LogP contribution is -2.39. The van der Waals surface area contributed by atoms with E-state index in [1.807, 2.05) is 6.07 Å². The molecule has 2 aliphatic rings. The molecule has 1 aromatic carbocycles. The van der Waals surface area contributed by atoms with Crippen LogP contribution in [0.3, 0.4) is 0 Å². The Labute approximate surface area is 123 Å². The van der Waals surface area contributed by atoms with Crippen molar-refractivity contribution in [2.45, 2.75) is 13.0 Å². The summed E-state index contributed by atoms with van der Waals surface area (Å²) in [7, 11) is 1.71. The number of piperidine rings is 1. The highest BCUT2D eigenvalue weighted by molar-refractivity contribution is 9.10. The number of likely N-dealkylation sites (tertiary alicyclic amines) is 1. The first-order valence-corrected chi connectivity index (χ1v) is 7.81. The monoisotopic (exact) mass is 324 g/mol. The molecule has 2 atom stereocenters. The van der Waals surface area contributed by atoms with Gasteiger partial charge in [0, 0.05) is 13.1 Å². The fourth-order valence-corrected chi connectivity index (χ4v) is 3.91. The van der Waals surface area contributed by atoms with Crippen LogP contribution in [-0.4, -0.2) is 38.2 Å². The van der Waals surface area contributed by atoms with Gasteiger partial charge in [0.15, 0.2) is 0 Å². The van der Waals surface area contributed by atoms with Crippen molar-refractivity contribution < 1.29 is 4.74 Å². The molecule has 2 heterocycles. The van der Waals surface area contributed by atoms with Gasteiger partial charge in [-0.1, -0.05) is 6.07 Å². The minimum Gasteiger partial charge on any atom is -0.496 e. The van der Waals surface area contributed by atoms with Crippen LogP contribution in [0.15, 0.2) is 22.7 Å². The number of ether oxygens (including phenoxy) is 1. The SMILES string of the molecule is COc1ccc(CN2CCC3CNCC3C2)cc1Br. The number of methoxy groups -OCH3 is 1. The second kappa shape index (κ2) is 5.81. The number of nitrogens with one attached hydrogen (secondary N) is 1. The Kier molecular flexibility index (Phi) is 4.10. The van der Waals surface area contributed by atoms with Gasteiger partial charge in [0.1, 0.15) is 5.75 Å². The molecule has 19 heavy (non-hydrogen) atoms. The molecule has 2 unspecified atom stereocenters. The molecule has 3 nitrogen and oxygen atoms in total. The van der Waals surface area contributed by atoms with E-state index in [4.69, 9.17) is 4.74 Å². The van der Waals surface area contributed by atoms with Crippen molar-refractivity contribution in [1.29, 1.82) is 0 Å². The van der Waals surface area contributed by atoms with Gasteiger partial charge < -0.3 is 10.1 Å². The van der Waals surface area contributed by atoms with Crippen LogP contribution >= 0.6 is 15.9 Å². The maximum Gasteiger partial charge on any atom is 0.133 e. The lowest BCUT2D eigenvalue weighted by atomic mass is 9.88. The van der Waals surface area contributed by atoms with Crippen molar-refractivity contribution in [2.24, 2.45) is 11.8 Å². The Morgan fingerprint density at radius 2 is 2.21 bits per heavy atom. The van der Waals surface area contributed by atoms with Crippen LogP contribution in [0.2, 0.25) is 0 Å². The Bertz CT molecular complexity index is 452. The molecule has 0 spiro atoms. The van der Waals surface area contributed by atoms with Crippen molar-refractivity contribution in [3.8, 4) is 5.75 Å². The predicted octanol–water partition coefficient (Wildman–Crippen LogP) is 2.50. The molecule has 2 saturated heterocycles. The Morgan fingerprint density at radius 3 is 3.00 bits per heavy atom. The number of hydrogen-bond acceptors (Lipinski definition) is 3. The second-order valence-corrected chi connectivity index (χ2v) is 6.53. The summed E-state index contributed by atoms with van der Waals surface area (Å²) in [4.78, 5) is 2.59. The molecule has 0 radical (unpaired) electrons. The van der Waals surface area contributed by atoms with Crippen LogP contribution in [0.25, 0.3) is 0 Å². The van der Waals surface area contributed by atoms with Gasteiger partial charge in [0.25, 0.3) is 0 Å². The van der Waals surface area contributed by atoms with E-state index in [2.05, 4.69) is 38.3 Å². The Balaban J connectivity index is 1.63. The summed E-state index contributed by atoms with van der Waals surface area (Å²) >= 11 is 3.56. The molecule has 1 aromatic rings. The van der Waals surface area contributed by atoms with Crippen molar-refractivity contribution in [2.75, 3.05) is 33.3 Å². The third-order valence-corrected chi connectivity index (χ3v) is 5.03. The van der Waals surface area contributed by atoms with Gasteiger partial charge >= 0.3 is 0 Å². The van der Waals surface area contributed by atoms with Gasteiger partial charge in [-0.15, -0.1) is 0 Å². The zero-order valence-corrected chi connectivity index (χ0v) is 12.9. The molecule has 0 saturated carbocycles. The van der Waals surface area contributed by atoms with E-state index >= 15 is 0 Å². The molecule has 0 aromatic heterocycles. The summed E-state index contributed by atoms with van der Waals surface area (Å²) in [5.41, 5.74) is 1.36. The largest absolute Gasteiger partial charge is 0.496 e. The van der Waals surface area contributed by atoms with Gasteiger partial charge in [-0.3, -0.25) is 4.90 Å². The molecule has 104 valence electrons. The maximum absolute atomic E-state index is 5.28. The summed E-state index contributed by atoms with van der Waals surface area (Å²) in [5.74, 6) is 2.68. The molecule has 1 N–H and O–H groups in total. The summed E-state index contributed by atoms with van der Waals surface area (Å²) in [5, 5.41) is 3.52. The van der Waals surface area contributed by atoms with E-state index in [0.29, 0.717) is 0 Å². The Morgan fingerprint density at radius 1 is 1.37 bits per heavy atom. The van der Waals surface area contributed by atoms with E-state index in [-0.39, 0.29) is 0 Å². The summed E-state index contributed by atoms with van der Waals surface area (Å²) in [6, 6.07) is 6.39. The highest BCUT2D eigenvalue weighted by Crippen LogP contribution is 2.29. The van der Waals surface area contributed by atoms with Gasteiger partial charge in [0.2, 0.25) is 0 Å². The number of halogens is 1. The maximum atomic E-state index is 5.28. The zero-order chi connectivity index (χ0) is 13.2. The number of fused-ring (bicyclic) bond motifs is 1. The molecular formula is C15H21BrN2O. The number of benzene rings is 1. The van der Waals surface area contributed by atoms with Crippen molar-refractivity contribution in [1.82, 2.24) is 10.2 Å². The molecule has 4 heteroatoms. The molecule has 0 aliphatic carbocycles. The van der Waals surface area contributed by atoms with Crippen LogP contribution < -0.4 is 10.1 Å². The van der Waals surface area contributed by atoms with Crippen LogP contribution in [0.5, 0.6) is 5.75 Å². The van der Waals surface area contributed by atoms with Gasteiger partial charge in [-0.25, -0.2) is 0 Å². The summed E-state index contributed by atoms with van der Waals surface area (Å²) in [6.07, 6.45) is 1.34. The minimum absolute atomic E-state index is 0.857. The molecule has 2 fully saturated rings. The normalized spacial score (nSPS) is 27.3. The lowest BCUT2D eigenvalue weighted by Gasteiger charge is -2.34. The fourth-order valence-electron chi connectivity index (χ4n) is 3.32. The van der Waals surface area contributed by atoms with Crippen molar-refractivity contribution in [3.05, 3.63) is 28.2 Å². The molecule has 0 amide bonds. The average Bonchev–Trinajstić information content (AvgIpc) is 2.86. The van der Waals surface area contributed by atoms with E-state index in [9.17, 15) is 0 Å². The molecular weight excluding hydrogens is 304 g/mol. The zero-order valence-electron chi connectivity index (χ0n) is 11.4.